The van der Waals surface area contributed by atoms with Gasteiger partial charge in [-0.1, -0.05) is 12.2 Å². The molecule has 1 rings (SSSR count). The first-order chi connectivity index (χ1) is 11.0. The van der Waals surface area contributed by atoms with Gasteiger partial charge in [-0.15, -0.1) is 0 Å². The molecule has 0 aliphatic carbocycles. The van der Waals surface area contributed by atoms with Crippen molar-refractivity contribution in [3.63, 3.8) is 0 Å². The van der Waals surface area contributed by atoms with Crippen LogP contribution in [0.1, 0.15) is 48.0 Å². The van der Waals surface area contributed by atoms with Crippen LogP contribution >= 0.6 is 0 Å². The lowest BCUT2D eigenvalue weighted by Crippen LogP contribution is -2.48. The van der Waals surface area contributed by atoms with Crippen LogP contribution in [0.25, 0.3) is 0 Å². The Labute approximate surface area is 144 Å². The number of rotatable bonds is 5. The van der Waals surface area contributed by atoms with Gasteiger partial charge in [0.2, 0.25) is 0 Å². The summed E-state index contributed by atoms with van der Waals surface area (Å²) < 4.78 is 10.7. The summed E-state index contributed by atoms with van der Waals surface area (Å²) in [6.07, 6.45) is -0.148. The topological polar surface area (TPSA) is 76.1 Å². The van der Waals surface area contributed by atoms with E-state index >= 15 is 0 Å². The smallest absolute Gasteiger partial charge is 0.411 e. The van der Waals surface area contributed by atoms with Crippen molar-refractivity contribution in [2.45, 2.75) is 65.6 Å². The predicted molar refractivity (Wildman–Crippen MR) is 91.5 cm³/mol. The Hall–Kier alpha value is -1.56. The summed E-state index contributed by atoms with van der Waals surface area (Å²) in [4.78, 5) is 26.7. The van der Waals surface area contributed by atoms with E-state index in [1.165, 1.54) is 4.90 Å². The third-order valence-corrected chi connectivity index (χ3v) is 4.29. The molecule has 6 heteroatoms. The van der Waals surface area contributed by atoms with Gasteiger partial charge in [0, 0.05) is 24.5 Å². The molecule has 6 nitrogen and oxygen atoms in total. The summed E-state index contributed by atoms with van der Waals surface area (Å²) in [5.41, 5.74) is 0.213. The molecule has 0 spiro atoms. The van der Waals surface area contributed by atoms with Crippen LogP contribution in [0, 0.1) is 11.8 Å². The number of ether oxygens (including phenoxy) is 2. The van der Waals surface area contributed by atoms with Crippen molar-refractivity contribution in [1.29, 1.82) is 0 Å². The van der Waals surface area contributed by atoms with Gasteiger partial charge in [-0.05, 0) is 48.0 Å². The van der Waals surface area contributed by atoms with E-state index < -0.39 is 23.7 Å². The number of carbonyl (C=O) groups is 2. The molecule has 1 amide bonds. The van der Waals surface area contributed by atoms with Crippen molar-refractivity contribution >= 4 is 12.1 Å². The molecular weight excluding hydrogens is 310 g/mol. The van der Waals surface area contributed by atoms with Crippen LogP contribution < -0.4 is 0 Å². The van der Waals surface area contributed by atoms with Gasteiger partial charge in [-0.2, -0.15) is 0 Å². The number of nitrogens with zero attached hydrogens (tertiary/aromatic N) is 1. The van der Waals surface area contributed by atoms with Crippen molar-refractivity contribution < 1.29 is 24.2 Å². The Morgan fingerprint density at radius 1 is 1.29 bits per heavy atom. The van der Waals surface area contributed by atoms with E-state index in [9.17, 15) is 14.7 Å². The van der Waals surface area contributed by atoms with Gasteiger partial charge in [-0.3, -0.25) is 4.90 Å². The molecule has 0 aromatic carbocycles. The van der Waals surface area contributed by atoms with Crippen LogP contribution in [0.15, 0.2) is 12.2 Å². The highest BCUT2D eigenvalue weighted by Gasteiger charge is 2.53. The van der Waals surface area contributed by atoms with Crippen LogP contribution in [-0.4, -0.2) is 53.0 Å². The summed E-state index contributed by atoms with van der Waals surface area (Å²) in [5.74, 6) is -0.800. The van der Waals surface area contributed by atoms with Crippen molar-refractivity contribution in [2.24, 2.45) is 11.8 Å². The molecule has 1 heterocycles. The van der Waals surface area contributed by atoms with Crippen molar-refractivity contribution in [3.05, 3.63) is 12.2 Å². The lowest BCUT2D eigenvalue weighted by Gasteiger charge is -2.31. The van der Waals surface area contributed by atoms with Crippen LogP contribution in [0.4, 0.5) is 4.79 Å². The molecule has 0 unspecified atom stereocenters. The van der Waals surface area contributed by atoms with Crippen LogP contribution in [-0.2, 0) is 14.3 Å². The number of hydrogen-bond donors (Lipinski definition) is 1. The molecule has 1 fully saturated rings. The quantitative estimate of drug-likeness (QED) is 0.615. The fraction of sp³-hybridized carbons (Fsp3) is 0.778. The molecule has 1 aliphatic heterocycles. The lowest BCUT2D eigenvalue weighted by atomic mass is 9.81. The van der Waals surface area contributed by atoms with Crippen molar-refractivity contribution in [2.75, 3.05) is 13.2 Å². The SMILES string of the molecule is C=C(C)[C@H]1[C@H](CCO)[C@@H](C(=O)OCC)N(C(=O)OC(C)(C)C)[C@@H]1C. The molecule has 0 radical (unpaired) electrons. The van der Waals surface area contributed by atoms with Gasteiger partial charge in [-0.25, -0.2) is 9.59 Å². The number of carbonyl (C=O) groups excluding carboxylic acids is 2. The minimum absolute atomic E-state index is 0.0702. The van der Waals surface area contributed by atoms with Gasteiger partial charge in [0.25, 0.3) is 0 Å². The average molecular weight is 341 g/mol. The maximum absolute atomic E-state index is 12.7. The summed E-state index contributed by atoms with van der Waals surface area (Å²) >= 11 is 0. The normalized spacial score (nSPS) is 27.0. The monoisotopic (exact) mass is 341 g/mol. The molecule has 138 valence electrons. The third-order valence-electron chi connectivity index (χ3n) is 4.29. The van der Waals surface area contributed by atoms with E-state index in [1.807, 2.05) is 13.8 Å². The number of likely N-dealkylation sites (tertiary alicyclic amines) is 1. The molecule has 0 saturated carbocycles. The van der Waals surface area contributed by atoms with Gasteiger partial charge >= 0.3 is 12.1 Å². The number of amides is 1. The molecule has 1 N–H and O–H groups in total. The summed E-state index contributed by atoms with van der Waals surface area (Å²) in [5, 5.41) is 9.44. The largest absolute Gasteiger partial charge is 0.464 e. The Kier molecular flexibility index (Phi) is 6.84. The van der Waals surface area contributed by atoms with Gasteiger partial charge in [0.1, 0.15) is 11.6 Å². The maximum Gasteiger partial charge on any atom is 0.411 e. The number of aliphatic hydroxyl groups is 1. The van der Waals surface area contributed by atoms with E-state index in [4.69, 9.17) is 9.47 Å². The standard InChI is InChI=1S/C18H31NO5/c1-8-23-16(21)15-13(9-10-20)14(11(2)3)12(4)19(15)17(22)24-18(5,6)7/h12-15,20H,2,8-10H2,1,3-7H3/t12-,13+,14-,15+/m1/s1. The van der Waals surface area contributed by atoms with E-state index in [0.29, 0.717) is 6.42 Å². The summed E-state index contributed by atoms with van der Waals surface area (Å²) in [6, 6.07) is -1.04. The highest BCUT2D eigenvalue weighted by atomic mass is 16.6. The zero-order valence-electron chi connectivity index (χ0n) is 15.7. The second-order valence-electron chi connectivity index (χ2n) is 7.37. The van der Waals surface area contributed by atoms with Gasteiger partial charge in [0.05, 0.1) is 6.61 Å². The van der Waals surface area contributed by atoms with E-state index in [0.717, 1.165) is 5.57 Å². The Morgan fingerprint density at radius 2 is 1.88 bits per heavy atom. The second-order valence-corrected chi connectivity index (χ2v) is 7.37. The molecule has 4 atom stereocenters. The van der Waals surface area contributed by atoms with Crippen LogP contribution in [0.2, 0.25) is 0 Å². The number of aliphatic hydroxyl groups excluding tert-OH is 1. The van der Waals surface area contributed by atoms with Crippen molar-refractivity contribution in [3.8, 4) is 0 Å². The first-order valence-electron chi connectivity index (χ1n) is 8.49. The molecule has 24 heavy (non-hydrogen) atoms. The number of esters is 1. The summed E-state index contributed by atoms with van der Waals surface area (Å²) in [7, 11) is 0. The highest BCUT2D eigenvalue weighted by Crippen LogP contribution is 2.42. The fourth-order valence-corrected chi connectivity index (χ4v) is 3.56. The van der Waals surface area contributed by atoms with E-state index in [2.05, 4.69) is 6.58 Å². The van der Waals surface area contributed by atoms with Crippen molar-refractivity contribution in [1.82, 2.24) is 4.90 Å². The minimum Gasteiger partial charge on any atom is -0.464 e. The molecule has 0 bridgehead atoms. The predicted octanol–water partition coefficient (Wildman–Crippen LogP) is 2.75. The zero-order valence-corrected chi connectivity index (χ0v) is 15.7. The van der Waals surface area contributed by atoms with E-state index in [1.54, 1.807) is 27.7 Å². The third kappa shape index (κ3) is 4.50. The number of hydrogen-bond acceptors (Lipinski definition) is 5. The van der Waals surface area contributed by atoms with Crippen LogP contribution in [0.3, 0.4) is 0 Å². The molecular formula is C18H31NO5. The van der Waals surface area contributed by atoms with Gasteiger partial charge in [0.15, 0.2) is 0 Å². The Bertz CT molecular complexity index is 482. The lowest BCUT2D eigenvalue weighted by molar-refractivity contribution is -0.150. The fourth-order valence-electron chi connectivity index (χ4n) is 3.56. The van der Waals surface area contributed by atoms with Crippen LogP contribution in [0.5, 0.6) is 0 Å². The molecule has 1 aliphatic rings. The average Bonchev–Trinajstić information content (AvgIpc) is 2.70. The maximum atomic E-state index is 12.7. The summed E-state index contributed by atoms with van der Waals surface area (Å²) in [6.45, 7) is 15.0. The van der Waals surface area contributed by atoms with Gasteiger partial charge < -0.3 is 14.6 Å². The Morgan fingerprint density at radius 3 is 2.29 bits per heavy atom. The molecule has 0 aromatic heterocycles. The zero-order chi connectivity index (χ0) is 18.7. The first kappa shape index (κ1) is 20.5. The molecule has 0 aromatic rings. The first-order valence-corrected chi connectivity index (χ1v) is 8.49. The molecule has 1 saturated heterocycles. The highest BCUT2D eigenvalue weighted by molar-refractivity contribution is 5.83. The second kappa shape index (κ2) is 8.01. The van der Waals surface area contributed by atoms with E-state index in [-0.39, 0.29) is 31.1 Å². The Balaban J connectivity index is 3.26. The minimum atomic E-state index is -0.774.